The Labute approximate surface area is 128 Å². The lowest BCUT2D eigenvalue weighted by Crippen LogP contribution is -2.27. The maximum absolute atomic E-state index is 12.2. The van der Waals surface area contributed by atoms with E-state index in [4.69, 9.17) is 4.52 Å². The average molecular weight is 305 g/mol. The van der Waals surface area contributed by atoms with E-state index in [1.807, 2.05) is 14.0 Å². The molecule has 0 unspecified atom stereocenters. The molecule has 0 aromatic carbocycles. The molecular formula is C15H19N3O2S. The van der Waals surface area contributed by atoms with Gasteiger partial charge in [-0.05, 0) is 32.6 Å². The first kappa shape index (κ1) is 14.3. The molecule has 1 aliphatic rings. The van der Waals surface area contributed by atoms with Gasteiger partial charge in [0.1, 0.15) is 10.8 Å². The summed E-state index contributed by atoms with van der Waals surface area (Å²) in [5, 5.41) is 4.83. The Hall–Kier alpha value is -1.69. The van der Waals surface area contributed by atoms with Crippen molar-refractivity contribution in [3.05, 3.63) is 33.1 Å². The SMILES string of the molecule is Cc1cc(CC(=O)N(C)Cc2nc3c(s2)CCCC3)on1. The third-order valence-electron chi connectivity index (χ3n) is 3.69. The molecule has 0 saturated carbocycles. The van der Waals surface area contributed by atoms with Gasteiger partial charge in [-0.25, -0.2) is 4.98 Å². The highest BCUT2D eigenvalue weighted by Gasteiger charge is 2.18. The molecule has 2 aromatic rings. The van der Waals surface area contributed by atoms with Crippen molar-refractivity contribution < 1.29 is 9.32 Å². The van der Waals surface area contributed by atoms with E-state index in [-0.39, 0.29) is 12.3 Å². The molecule has 0 radical (unpaired) electrons. The van der Waals surface area contributed by atoms with Crippen molar-refractivity contribution >= 4 is 17.2 Å². The van der Waals surface area contributed by atoms with Gasteiger partial charge in [-0.1, -0.05) is 5.16 Å². The summed E-state index contributed by atoms with van der Waals surface area (Å²) in [4.78, 5) is 20.0. The number of thiazole rings is 1. The van der Waals surface area contributed by atoms with Gasteiger partial charge in [-0.2, -0.15) is 0 Å². The third-order valence-corrected chi connectivity index (χ3v) is 4.83. The Bertz CT molecular complexity index is 624. The van der Waals surface area contributed by atoms with Gasteiger partial charge < -0.3 is 9.42 Å². The minimum atomic E-state index is 0.0271. The largest absolute Gasteiger partial charge is 0.361 e. The van der Waals surface area contributed by atoms with Crippen LogP contribution >= 0.6 is 11.3 Å². The predicted molar refractivity (Wildman–Crippen MR) is 80.2 cm³/mol. The minimum Gasteiger partial charge on any atom is -0.361 e. The molecule has 3 rings (SSSR count). The van der Waals surface area contributed by atoms with Crippen LogP contribution in [0, 0.1) is 6.92 Å². The van der Waals surface area contributed by atoms with Crippen LogP contribution in [0.15, 0.2) is 10.6 Å². The lowest BCUT2D eigenvalue weighted by Gasteiger charge is -2.14. The van der Waals surface area contributed by atoms with Crippen LogP contribution in [0.5, 0.6) is 0 Å². The number of hydrogen-bond donors (Lipinski definition) is 0. The van der Waals surface area contributed by atoms with Crippen LogP contribution < -0.4 is 0 Å². The quantitative estimate of drug-likeness (QED) is 0.871. The third kappa shape index (κ3) is 3.32. The van der Waals surface area contributed by atoms with Crippen LogP contribution in [0.1, 0.15) is 39.9 Å². The summed E-state index contributed by atoms with van der Waals surface area (Å²) in [6, 6.07) is 1.80. The molecule has 2 aromatic heterocycles. The first-order valence-corrected chi connectivity index (χ1v) is 8.07. The number of aromatic nitrogens is 2. The fourth-order valence-electron chi connectivity index (χ4n) is 2.55. The molecule has 0 fully saturated rings. The molecule has 0 saturated heterocycles. The van der Waals surface area contributed by atoms with Crippen molar-refractivity contribution in [1.82, 2.24) is 15.0 Å². The van der Waals surface area contributed by atoms with Crippen LogP contribution in [0.2, 0.25) is 0 Å². The molecule has 6 heteroatoms. The van der Waals surface area contributed by atoms with Gasteiger partial charge in [-0.15, -0.1) is 11.3 Å². The molecule has 1 aliphatic carbocycles. The summed E-state index contributed by atoms with van der Waals surface area (Å²) in [6.07, 6.45) is 4.97. The smallest absolute Gasteiger partial charge is 0.230 e. The molecule has 21 heavy (non-hydrogen) atoms. The van der Waals surface area contributed by atoms with Crippen molar-refractivity contribution in [2.45, 2.75) is 45.6 Å². The van der Waals surface area contributed by atoms with Crippen LogP contribution in [0.25, 0.3) is 0 Å². The molecule has 2 heterocycles. The summed E-state index contributed by atoms with van der Waals surface area (Å²) >= 11 is 1.75. The van der Waals surface area contributed by atoms with E-state index < -0.39 is 0 Å². The van der Waals surface area contributed by atoms with E-state index in [9.17, 15) is 4.79 Å². The van der Waals surface area contributed by atoms with Crippen molar-refractivity contribution in [3.63, 3.8) is 0 Å². The van der Waals surface area contributed by atoms with E-state index in [1.54, 1.807) is 22.3 Å². The van der Waals surface area contributed by atoms with E-state index in [1.165, 1.54) is 23.4 Å². The molecule has 0 N–H and O–H groups in total. The van der Waals surface area contributed by atoms with Gasteiger partial charge in [0, 0.05) is 18.0 Å². The van der Waals surface area contributed by atoms with Crippen LogP contribution in [-0.4, -0.2) is 28.0 Å². The van der Waals surface area contributed by atoms with Crippen LogP contribution in [-0.2, 0) is 30.6 Å². The Morgan fingerprint density at radius 2 is 2.24 bits per heavy atom. The summed E-state index contributed by atoms with van der Waals surface area (Å²) in [6.45, 7) is 2.42. The lowest BCUT2D eigenvalue weighted by atomic mass is 10.0. The number of rotatable bonds is 4. The normalized spacial score (nSPS) is 14.0. The lowest BCUT2D eigenvalue weighted by molar-refractivity contribution is -0.130. The molecule has 112 valence electrons. The van der Waals surface area contributed by atoms with E-state index in [0.717, 1.165) is 23.5 Å². The number of hydrogen-bond acceptors (Lipinski definition) is 5. The first-order valence-electron chi connectivity index (χ1n) is 7.25. The van der Waals surface area contributed by atoms with Gasteiger partial charge in [0.15, 0.2) is 0 Å². The zero-order chi connectivity index (χ0) is 14.8. The highest BCUT2D eigenvalue weighted by atomic mass is 32.1. The molecule has 0 aliphatic heterocycles. The molecule has 0 bridgehead atoms. The molecule has 0 spiro atoms. The van der Waals surface area contributed by atoms with E-state index >= 15 is 0 Å². The number of fused-ring (bicyclic) bond motifs is 1. The van der Waals surface area contributed by atoms with Crippen molar-refractivity contribution in [2.24, 2.45) is 0 Å². The fourth-order valence-corrected chi connectivity index (χ4v) is 3.76. The number of aryl methyl sites for hydroxylation is 3. The highest BCUT2D eigenvalue weighted by molar-refractivity contribution is 7.11. The van der Waals surface area contributed by atoms with Crippen molar-refractivity contribution in [2.75, 3.05) is 7.05 Å². The molecule has 5 nitrogen and oxygen atoms in total. The maximum atomic E-state index is 12.2. The van der Waals surface area contributed by atoms with Crippen LogP contribution in [0.4, 0.5) is 0 Å². The van der Waals surface area contributed by atoms with Gasteiger partial charge in [-0.3, -0.25) is 4.79 Å². The number of amides is 1. The summed E-state index contributed by atoms with van der Waals surface area (Å²) in [5.41, 5.74) is 2.04. The summed E-state index contributed by atoms with van der Waals surface area (Å²) in [5.74, 6) is 0.641. The van der Waals surface area contributed by atoms with Crippen LogP contribution in [0.3, 0.4) is 0 Å². The van der Waals surface area contributed by atoms with Crippen molar-refractivity contribution in [1.29, 1.82) is 0 Å². The van der Waals surface area contributed by atoms with Gasteiger partial charge in [0.25, 0.3) is 0 Å². The Morgan fingerprint density at radius 1 is 1.43 bits per heavy atom. The zero-order valence-corrected chi connectivity index (χ0v) is 13.2. The van der Waals surface area contributed by atoms with Gasteiger partial charge >= 0.3 is 0 Å². The molecular weight excluding hydrogens is 286 g/mol. The Balaban J connectivity index is 1.61. The zero-order valence-electron chi connectivity index (χ0n) is 12.4. The highest BCUT2D eigenvalue weighted by Crippen LogP contribution is 2.27. The minimum absolute atomic E-state index is 0.0271. The second-order valence-electron chi connectivity index (χ2n) is 5.55. The Kier molecular flexibility index (Phi) is 4.05. The van der Waals surface area contributed by atoms with Crippen molar-refractivity contribution in [3.8, 4) is 0 Å². The van der Waals surface area contributed by atoms with Gasteiger partial charge in [0.2, 0.25) is 5.91 Å². The predicted octanol–water partition coefficient (Wildman–Crippen LogP) is 2.52. The number of nitrogens with zero attached hydrogens (tertiary/aromatic N) is 3. The topological polar surface area (TPSA) is 59.2 Å². The van der Waals surface area contributed by atoms with Gasteiger partial charge in [0.05, 0.1) is 24.4 Å². The number of carbonyl (C=O) groups is 1. The second-order valence-corrected chi connectivity index (χ2v) is 6.71. The fraction of sp³-hybridized carbons (Fsp3) is 0.533. The maximum Gasteiger partial charge on any atom is 0.230 e. The number of likely N-dealkylation sites (N-methyl/N-ethyl adjacent to an activating group) is 1. The molecule has 1 amide bonds. The van der Waals surface area contributed by atoms with E-state index in [2.05, 4.69) is 10.1 Å². The van der Waals surface area contributed by atoms with E-state index in [0.29, 0.717) is 12.3 Å². The average Bonchev–Trinajstić information content (AvgIpc) is 3.04. The summed E-state index contributed by atoms with van der Waals surface area (Å²) in [7, 11) is 1.81. The Morgan fingerprint density at radius 3 is 2.95 bits per heavy atom. The molecule has 0 atom stereocenters. The standard InChI is InChI=1S/C15H19N3O2S/c1-10-7-11(20-17-10)8-15(19)18(2)9-14-16-12-5-3-4-6-13(12)21-14/h7H,3-6,8-9H2,1-2H3. The second kappa shape index (κ2) is 5.97. The number of carbonyl (C=O) groups excluding carboxylic acids is 1. The first-order chi connectivity index (χ1) is 10.1. The monoisotopic (exact) mass is 305 g/mol. The summed E-state index contributed by atoms with van der Waals surface area (Å²) < 4.78 is 5.09.